The van der Waals surface area contributed by atoms with Crippen LogP contribution in [0.2, 0.25) is 0 Å². The Kier molecular flexibility index (Phi) is 4.59. The summed E-state index contributed by atoms with van der Waals surface area (Å²) in [6, 6.07) is 14.5. The van der Waals surface area contributed by atoms with Crippen molar-refractivity contribution in [3.63, 3.8) is 0 Å². The van der Waals surface area contributed by atoms with Crippen molar-refractivity contribution in [2.45, 2.75) is 0 Å². The normalized spacial score (nSPS) is 13.3. The van der Waals surface area contributed by atoms with E-state index in [0.29, 0.717) is 22.1 Å². The van der Waals surface area contributed by atoms with E-state index in [9.17, 15) is 4.79 Å². The number of halogens is 1. The van der Waals surface area contributed by atoms with Gasteiger partial charge in [-0.15, -0.1) is 0 Å². The van der Waals surface area contributed by atoms with E-state index in [1.54, 1.807) is 24.3 Å². The summed E-state index contributed by atoms with van der Waals surface area (Å²) < 4.78 is 10.4. The molecule has 0 saturated heterocycles. The van der Waals surface area contributed by atoms with E-state index in [-0.39, 0.29) is 12.7 Å². The van der Waals surface area contributed by atoms with Gasteiger partial charge in [0.05, 0.1) is 11.2 Å². The second-order valence-electron chi connectivity index (χ2n) is 4.71. The average Bonchev–Trinajstić information content (AvgIpc) is 3.03. The summed E-state index contributed by atoms with van der Waals surface area (Å²) in [6.07, 6.45) is 3.12. The second-order valence-corrected chi connectivity index (χ2v) is 5.14. The third kappa shape index (κ3) is 3.90. The van der Waals surface area contributed by atoms with Crippen molar-refractivity contribution >= 4 is 29.8 Å². The molecule has 23 heavy (non-hydrogen) atoms. The fourth-order valence-electron chi connectivity index (χ4n) is 2.00. The number of allylic oxidation sites excluding steroid dienone is 1. The molecule has 0 aliphatic carbocycles. The maximum Gasteiger partial charge on any atom is 0.271 e. The van der Waals surface area contributed by atoms with Gasteiger partial charge in [-0.2, -0.15) is 5.10 Å². The largest absolute Gasteiger partial charge is 0.454 e. The minimum Gasteiger partial charge on any atom is -0.454 e. The van der Waals surface area contributed by atoms with Crippen LogP contribution in [0.15, 0.2) is 58.7 Å². The molecule has 0 bridgehead atoms. The molecule has 0 fully saturated rings. The molecular weight excluding hydrogens is 316 g/mol. The first-order chi connectivity index (χ1) is 11.2. The molecule has 1 heterocycles. The zero-order valence-electron chi connectivity index (χ0n) is 12.0. The predicted octanol–water partition coefficient (Wildman–Crippen LogP) is 3.41. The van der Waals surface area contributed by atoms with Crippen molar-refractivity contribution in [1.29, 1.82) is 0 Å². The van der Waals surface area contributed by atoms with Crippen molar-refractivity contribution in [3.05, 3.63) is 64.7 Å². The molecule has 0 spiro atoms. The van der Waals surface area contributed by atoms with Crippen LogP contribution < -0.4 is 14.9 Å². The number of carbonyl (C=O) groups is 1. The van der Waals surface area contributed by atoms with Crippen molar-refractivity contribution in [3.8, 4) is 11.5 Å². The summed E-state index contributed by atoms with van der Waals surface area (Å²) in [5.41, 5.74) is 3.79. The number of hydrazone groups is 1. The van der Waals surface area contributed by atoms with Gasteiger partial charge in [-0.25, -0.2) is 5.43 Å². The fourth-order valence-corrected chi connectivity index (χ4v) is 2.18. The van der Waals surface area contributed by atoms with E-state index in [1.807, 2.05) is 30.3 Å². The smallest absolute Gasteiger partial charge is 0.271 e. The Bertz CT molecular complexity index is 773. The van der Waals surface area contributed by atoms with Crippen LogP contribution in [-0.2, 0) is 0 Å². The molecule has 3 rings (SSSR count). The van der Waals surface area contributed by atoms with Gasteiger partial charge in [0, 0.05) is 5.56 Å². The van der Waals surface area contributed by atoms with Gasteiger partial charge in [0.15, 0.2) is 11.5 Å². The Labute approximate surface area is 138 Å². The van der Waals surface area contributed by atoms with Gasteiger partial charge in [0.1, 0.15) is 0 Å². The Balaban J connectivity index is 1.61. The molecule has 1 N–H and O–H groups in total. The standard InChI is InChI=1S/C17H13ClN2O3/c18-14(8-12-4-2-1-3-5-12)10-19-20-17(21)13-6-7-15-16(9-13)23-11-22-15/h1-10H,11H2,(H,20,21)/b14-8-,19-10-. The fraction of sp³-hybridized carbons (Fsp3) is 0.0588. The molecule has 1 aliphatic heterocycles. The minimum atomic E-state index is -0.358. The van der Waals surface area contributed by atoms with E-state index in [4.69, 9.17) is 21.1 Å². The zero-order valence-corrected chi connectivity index (χ0v) is 12.8. The second kappa shape index (κ2) is 6.98. The lowest BCUT2D eigenvalue weighted by atomic mass is 10.2. The van der Waals surface area contributed by atoms with Crippen molar-refractivity contribution < 1.29 is 14.3 Å². The number of fused-ring (bicyclic) bond motifs is 1. The molecule has 5 nitrogen and oxygen atoms in total. The van der Waals surface area contributed by atoms with E-state index >= 15 is 0 Å². The summed E-state index contributed by atoms with van der Waals surface area (Å²) in [6.45, 7) is 0.165. The molecule has 0 unspecified atom stereocenters. The highest BCUT2D eigenvalue weighted by Gasteiger charge is 2.15. The van der Waals surface area contributed by atoms with E-state index in [2.05, 4.69) is 10.5 Å². The molecule has 1 amide bonds. The van der Waals surface area contributed by atoms with Crippen LogP contribution in [-0.4, -0.2) is 18.9 Å². The van der Waals surface area contributed by atoms with Crippen molar-refractivity contribution in [2.24, 2.45) is 5.10 Å². The van der Waals surface area contributed by atoms with E-state index in [1.165, 1.54) is 6.21 Å². The van der Waals surface area contributed by atoms with E-state index < -0.39 is 0 Å². The third-order valence-electron chi connectivity index (χ3n) is 3.09. The number of hydrogen-bond donors (Lipinski definition) is 1. The summed E-state index contributed by atoms with van der Waals surface area (Å²) in [5.74, 6) is 0.811. The molecule has 116 valence electrons. The first-order valence-electron chi connectivity index (χ1n) is 6.88. The lowest BCUT2D eigenvalue weighted by Crippen LogP contribution is -2.17. The lowest BCUT2D eigenvalue weighted by molar-refractivity contribution is 0.0954. The van der Waals surface area contributed by atoms with Gasteiger partial charge in [0.2, 0.25) is 6.79 Å². The van der Waals surface area contributed by atoms with Gasteiger partial charge in [0.25, 0.3) is 5.91 Å². The van der Waals surface area contributed by atoms with E-state index in [0.717, 1.165) is 5.56 Å². The predicted molar refractivity (Wildman–Crippen MR) is 88.8 cm³/mol. The maximum atomic E-state index is 12.0. The van der Waals surface area contributed by atoms with Gasteiger partial charge in [-0.3, -0.25) is 4.79 Å². The van der Waals surface area contributed by atoms with Crippen molar-refractivity contribution in [1.82, 2.24) is 5.43 Å². The zero-order chi connectivity index (χ0) is 16.1. The molecule has 2 aromatic rings. The highest BCUT2D eigenvalue weighted by molar-refractivity contribution is 6.41. The van der Waals surface area contributed by atoms with Crippen LogP contribution in [0, 0.1) is 0 Å². The molecule has 0 radical (unpaired) electrons. The molecule has 1 aliphatic rings. The van der Waals surface area contributed by atoms with Gasteiger partial charge in [-0.1, -0.05) is 41.9 Å². The van der Waals surface area contributed by atoms with Gasteiger partial charge < -0.3 is 9.47 Å². The Morgan fingerprint density at radius 1 is 1.13 bits per heavy atom. The first-order valence-corrected chi connectivity index (χ1v) is 7.25. The highest BCUT2D eigenvalue weighted by atomic mass is 35.5. The number of ether oxygens (including phenoxy) is 2. The Morgan fingerprint density at radius 3 is 2.74 bits per heavy atom. The molecule has 0 saturated carbocycles. The first kappa shape index (κ1) is 15.1. The third-order valence-corrected chi connectivity index (χ3v) is 3.30. The molecule has 6 heteroatoms. The van der Waals surface area contributed by atoms with Crippen LogP contribution in [0.4, 0.5) is 0 Å². The monoisotopic (exact) mass is 328 g/mol. The number of nitrogens with zero attached hydrogens (tertiary/aromatic N) is 1. The molecule has 2 aromatic carbocycles. The summed E-state index contributed by atoms with van der Waals surface area (Å²) in [4.78, 5) is 12.0. The lowest BCUT2D eigenvalue weighted by Gasteiger charge is -2.01. The van der Waals surface area contributed by atoms with Crippen molar-refractivity contribution in [2.75, 3.05) is 6.79 Å². The molecule has 0 aromatic heterocycles. The maximum absolute atomic E-state index is 12.0. The van der Waals surface area contributed by atoms with Crippen LogP contribution in [0.25, 0.3) is 6.08 Å². The number of carbonyl (C=O) groups excluding carboxylic acids is 1. The number of nitrogens with one attached hydrogen (secondary N) is 1. The van der Waals surface area contributed by atoms with Crippen LogP contribution in [0.5, 0.6) is 11.5 Å². The minimum absolute atomic E-state index is 0.165. The Hall–Kier alpha value is -2.79. The van der Waals surface area contributed by atoms with Crippen LogP contribution >= 0.6 is 11.6 Å². The quantitative estimate of drug-likeness (QED) is 0.691. The Morgan fingerprint density at radius 2 is 1.91 bits per heavy atom. The summed E-state index contributed by atoms with van der Waals surface area (Å²) in [7, 11) is 0. The molecule has 0 atom stereocenters. The highest BCUT2D eigenvalue weighted by Crippen LogP contribution is 2.32. The topological polar surface area (TPSA) is 59.9 Å². The number of rotatable bonds is 4. The number of hydrogen-bond acceptors (Lipinski definition) is 4. The van der Waals surface area contributed by atoms with Gasteiger partial charge in [-0.05, 0) is 29.8 Å². The number of amides is 1. The molecular formula is C17H13ClN2O3. The van der Waals surface area contributed by atoms with Gasteiger partial charge >= 0.3 is 0 Å². The average molecular weight is 329 g/mol. The van der Waals surface area contributed by atoms with Crippen LogP contribution in [0.1, 0.15) is 15.9 Å². The SMILES string of the molecule is O=C(N/N=C\C(Cl)=C\c1ccccc1)c1ccc2c(c1)OCO2. The summed E-state index contributed by atoms with van der Waals surface area (Å²) >= 11 is 6.05. The number of benzene rings is 2. The van der Waals surface area contributed by atoms with Crippen LogP contribution in [0.3, 0.4) is 0 Å². The summed E-state index contributed by atoms with van der Waals surface area (Å²) in [5, 5.41) is 4.25.